The predicted molar refractivity (Wildman–Crippen MR) is 96.4 cm³/mol. The fraction of sp³-hybridized carbons (Fsp3) is 0.684. The molecule has 0 N–H and O–H groups in total. The van der Waals surface area contributed by atoms with E-state index in [1.54, 1.807) is 12.1 Å². The van der Waals surface area contributed by atoms with E-state index >= 15 is 0 Å². The summed E-state index contributed by atoms with van der Waals surface area (Å²) in [6.07, 6.45) is 12.1. The first-order chi connectivity index (χ1) is 11.5. The molecule has 1 aromatic carbocycles. The van der Waals surface area contributed by atoms with Crippen molar-refractivity contribution in [2.75, 3.05) is 0 Å². The van der Waals surface area contributed by atoms with Crippen LogP contribution in [0.4, 0.5) is 0 Å². The molecular formula is C19H31NaO4S. The Kier molecular flexibility index (Phi) is 15.2. The Morgan fingerprint density at radius 1 is 0.880 bits per heavy atom. The molecule has 0 aliphatic rings. The molecular weight excluding hydrogens is 347 g/mol. The van der Waals surface area contributed by atoms with E-state index < -0.39 is 16.5 Å². The SMILES string of the molecule is CCCCCCCCCCCCC(OS(=O)(=O)[O-])c1ccccc1.[Na+]. The third-order valence-electron chi connectivity index (χ3n) is 4.23. The first kappa shape index (κ1) is 25.1. The molecule has 0 saturated carbocycles. The van der Waals surface area contributed by atoms with Crippen molar-refractivity contribution < 1.29 is 46.7 Å². The van der Waals surface area contributed by atoms with Crippen molar-refractivity contribution in [1.29, 1.82) is 0 Å². The van der Waals surface area contributed by atoms with Crippen molar-refractivity contribution in [1.82, 2.24) is 0 Å². The molecule has 0 aromatic heterocycles. The third kappa shape index (κ3) is 13.9. The summed E-state index contributed by atoms with van der Waals surface area (Å²) in [4.78, 5) is 0. The van der Waals surface area contributed by atoms with E-state index in [9.17, 15) is 13.0 Å². The molecule has 0 spiro atoms. The van der Waals surface area contributed by atoms with Crippen LogP contribution in [0.5, 0.6) is 0 Å². The van der Waals surface area contributed by atoms with Crippen LogP contribution in [0.15, 0.2) is 30.3 Å². The molecule has 0 aliphatic carbocycles. The summed E-state index contributed by atoms with van der Waals surface area (Å²) < 4.78 is 37.5. The maximum absolute atomic E-state index is 10.9. The number of benzene rings is 1. The van der Waals surface area contributed by atoms with Gasteiger partial charge in [0.1, 0.15) is 6.10 Å². The second-order valence-electron chi connectivity index (χ2n) is 6.37. The fourth-order valence-corrected chi connectivity index (χ4v) is 3.39. The van der Waals surface area contributed by atoms with E-state index in [0.717, 1.165) is 24.8 Å². The van der Waals surface area contributed by atoms with Gasteiger partial charge in [0.15, 0.2) is 0 Å². The molecule has 1 unspecified atom stereocenters. The van der Waals surface area contributed by atoms with Gasteiger partial charge in [-0.2, -0.15) is 0 Å². The number of hydrogen-bond donors (Lipinski definition) is 0. The second-order valence-corrected chi connectivity index (χ2v) is 7.38. The van der Waals surface area contributed by atoms with Crippen molar-refractivity contribution >= 4 is 10.4 Å². The van der Waals surface area contributed by atoms with E-state index in [1.165, 1.54) is 44.9 Å². The van der Waals surface area contributed by atoms with Crippen molar-refractivity contribution in [2.45, 2.75) is 83.7 Å². The van der Waals surface area contributed by atoms with Gasteiger partial charge in [-0.1, -0.05) is 101 Å². The second kappa shape index (κ2) is 15.2. The number of rotatable bonds is 14. The van der Waals surface area contributed by atoms with Gasteiger partial charge in [0.05, 0.1) is 0 Å². The minimum atomic E-state index is -4.68. The molecule has 1 aromatic rings. The maximum Gasteiger partial charge on any atom is 1.00 e. The average molecular weight is 379 g/mol. The first-order valence-electron chi connectivity index (χ1n) is 9.22. The minimum absolute atomic E-state index is 0. The quantitative estimate of drug-likeness (QED) is 0.216. The van der Waals surface area contributed by atoms with E-state index in [0.29, 0.717) is 6.42 Å². The molecule has 0 aliphatic heterocycles. The molecule has 0 bridgehead atoms. The summed E-state index contributed by atoms with van der Waals surface area (Å²) in [6, 6.07) is 9.09. The van der Waals surface area contributed by atoms with E-state index in [-0.39, 0.29) is 29.6 Å². The van der Waals surface area contributed by atoms with Gasteiger partial charge in [-0.15, -0.1) is 0 Å². The molecule has 1 rings (SSSR count). The predicted octanol–water partition coefficient (Wildman–Crippen LogP) is 2.52. The Hall–Kier alpha value is 0.0900. The van der Waals surface area contributed by atoms with Crippen LogP contribution >= 0.6 is 0 Å². The Morgan fingerprint density at radius 2 is 1.36 bits per heavy atom. The van der Waals surface area contributed by atoms with Crippen molar-refractivity contribution in [3.8, 4) is 0 Å². The molecule has 25 heavy (non-hydrogen) atoms. The summed E-state index contributed by atoms with van der Waals surface area (Å²) >= 11 is 0. The van der Waals surface area contributed by atoms with Crippen molar-refractivity contribution in [3.05, 3.63) is 35.9 Å². The monoisotopic (exact) mass is 378 g/mol. The molecule has 4 nitrogen and oxygen atoms in total. The average Bonchev–Trinajstić information content (AvgIpc) is 2.55. The molecule has 138 valence electrons. The van der Waals surface area contributed by atoms with Gasteiger partial charge in [-0.05, 0) is 12.0 Å². The zero-order valence-corrected chi connectivity index (χ0v) is 18.6. The third-order valence-corrected chi connectivity index (χ3v) is 4.69. The van der Waals surface area contributed by atoms with Crippen LogP contribution in [-0.4, -0.2) is 13.0 Å². The van der Waals surface area contributed by atoms with Crippen molar-refractivity contribution in [2.24, 2.45) is 0 Å². The van der Waals surface area contributed by atoms with Crippen LogP contribution in [-0.2, 0) is 14.6 Å². The van der Waals surface area contributed by atoms with Gasteiger partial charge in [0, 0.05) is 0 Å². The van der Waals surface area contributed by atoms with Gasteiger partial charge in [0.2, 0.25) is 10.4 Å². The minimum Gasteiger partial charge on any atom is -0.726 e. The normalized spacial score (nSPS) is 12.6. The van der Waals surface area contributed by atoms with E-state index in [4.69, 9.17) is 4.18 Å². The number of unbranched alkanes of at least 4 members (excludes halogenated alkanes) is 9. The van der Waals surface area contributed by atoms with Crippen LogP contribution in [0.1, 0.15) is 89.2 Å². The molecule has 0 heterocycles. The molecule has 0 fully saturated rings. The smallest absolute Gasteiger partial charge is 0.726 e. The summed E-state index contributed by atoms with van der Waals surface area (Å²) in [5, 5.41) is 0. The van der Waals surface area contributed by atoms with Crippen LogP contribution in [0.25, 0.3) is 0 Å². The van der Waals surface area contributed by atoms with Gasteiger partial charge < -0.3 is 4.55 Å². The molecule has 6 heteroatoms. The Balaban J connectivity index is 0.00000576. The van der Waals surface area contributed by atoms with E-state index in [2.05, 4.69) is 6.92 Å². The first-order valence-corrected chi connectivity index (χ1v) is 10.6. The topological polar surface area (TPSA) is 66.4 Å². The van der Waals surface area contributed by atoms with Crippen LogP contribution in [0.3, 0.4) is 0 Å². The van der Waals surface area contributed by atoms with Gasteiger partial charge in [-0.25, -0.2) is 8.42 Å². The summed E-state index contributed by atoms with van der Waals surface area (Å²) in [6.45, 7) is 2.23. The van der Waals surface area contributed by atoms with Crippen LogP contribution in [0.2, 0.25) is 0 Å². The fourth-order valence-electron chi connectivity index (χ4n) is 2.90. The summed E-state index contributed by atoms with van der Waals surface area (Å²) in [7, 11) is -4.68. The van der Waals surface area contributed by atoms with Gasteiger partial charge >= 0.3 is 29.6 Å². The Morgan fingerprint density at radius 3 is 1.84 bits per heavy atom. The molecule has 0 saturated heterocycles. The van der Waals surface area contributed by atoms with Crippen LogP contribution in [0, 0.1) is 0 Å². The molecule has 0 amide bonds. The Labute approximate surface area is 176 Å². The number of hydrogen-bond acceptors (Lipinski definition) is 4. The standard InChI is InChI=1S/C19H32O4S.Na/c1-2-3-4-5-6-7-8-9-10-14-17-19(23-24(20,21)22)18-15-12-11-13-16-18;/h11-13,15-16,19H,2-10,14,17H2,1H3,(H,20,21,22);/q;+1/p-1. The van der Waals surface area contributed by atoms with Gasteiger partial charge in [-0.3, -0.25) is 4.18 Å². The van der Waals surface area contributed by atoms with Crippen LogP contribution < -0.4 is 29.6 Å². The molecule has 1 atom stereocenters. The molecule has 0 radical (unpaired) electrons. The maximum atomic E-state index is 10.9. The zero-order chi connectivity index (χ0) is 17.7. The summed E-state index contributed by atoms with van der Waals surface area (Å²) in [5.74, 6) is 0. The van der Waals surface area contributed by atoms with E-state index in [1.807, 2.05) is 18.2 Å². The summed E-state index contributed by atoms with van der Waals surface area (Å²) in [5.41, 5.74) is 0.743. The zero-order valence-electron chi connectivity index (χ0n) is 15.8. The van der Waals surface area contributed by atoms with Gasteiger partial charge in [0.25, 0.3) is 0 Å². The van der Waals surface area contributed by atoms with Crippen molar-refractivity contribution in [3.63, 3.8) is 0 Å². The largest absolute Gasteiger partial charge is 1.00 e. The Bertz CT molecular complexity index is 519.